The molecular weight excluding hydrogens is 302 g/mol. The van der Waals surface area contributed by atoms with Crippen LogP contribution in [0.3, 0.4) is 0 Å². The molecule has 0 spiro atoms. The van der Waals surface area contributed by atoms with E-state index < -0.39 is 5.91 Å². The van der Waals surface area contributed by atoms with Gasteiger partial charge in [0.05, 0.1) is 0 Å². The van der Waals surface area contributed by atoms with Crippen LogP contribution in [0.1, 0.15) is 18.1 Å². The van der Waals surface area contributed by atoms with Gasteiger partial charge in [-0.2, -0.15) is 5.26 Å². The van der Waals surface area contributed by atoms with E-state index in [1.54, 1.807) is 30.3 Å². The normalized spacial score (nSPS) is 10.6. The average Bonchev–Trinajstić information content (AvgIpc) is 2.55. The van der Waals surface area contributed by atoms with Gasteiger partial charge in [0.15, 0.2) is 0 Å². The van der Waals surface area contributed by atoms with Crippen molar-refractivity contribution in [2.45, 2.75) is 13.8 Å². The Hall–Kier alpha value is -3.39. The molecule has 0 aromatic heterocycles. The standard InChI is InChI=1S/C19H17N3O2/c1-13-5-3-4-6-18(13)22-19(24)16(12-20)11-15-7-9-17(10-8-15)21-14(2)23/h3-11H,1-2H3,(H,21,23)(H,22,24)/b16-11+. The number of nitrogens with zero attached hydrogens (tertiary/aromatic N) is 1. The Morgan fingerprint density at radius 3 is 2.29 bits per heavy atom. The molecule has 0 saturated heterocycles. The first kappa shape index (κ1) is 17.0. The lowest BCUT2D eigenvalue weighted by atomic mass is 10.1. The van der Waals surface area contributed by atoms with Crippen LogP contribution in [0, 0.1) is 18.3 Å². The van der Waals surface area contributed by atoms with E-state index in [1.807, 2.05) is 31.2 Å². The predicted octanol–water partition coefficient (Wildman–Crippen LogP) is 3.50. The summed E-state index contributed by atoms with van der Waals surface area (Å²) in [5, 5.41) is 14.6. The summed E-state index contributed by atoms with van der Waals surface area (Å²) >= 11 is 0. The van der Waals surface area contributed by atoms with Gasteiger partial charge < -0.3 is 10.6 Å². The topological polar surface area (TPSA) is 82.0 Å². The van der Waals surface area contributed by atoms with Crippen molar-refractivity contribution in [1.82, 2.24) is 0 Å². The number of rotatable bonds is 4. The molecule has 2 aromatic carbocycles. The number of amides is 2. The van der Waals surface area contributed by atoms with Gasteiger partial charge in [0.1, 0.15) is 11.6 Å². The molecule has 0 fully saturated rings. The van der Waals surface area contributed by atoms with E-state index in [0.29, 0.717) is 16.9 Å². The highest BCUT2D eigenvalue weighted by atomic mass is 16.2. The molecule has 0 heterocycles. The molecule has 2 N–H and O–H groups in total. The number of anilines is 2. The summed E-state index contributed by atoms with van der Waals surface area (Å²) in [5.74, 6) is -0.619. The molecule has 2 rings (SSSR count). The Labute approximate surface area is 140 Å². The molecule has 0 unspecified atom stereocenters. The molecule has 0 saturated carbocycles. The number of carbonyl (C=O) groups excluding carboxylic acids is 2. The molecule has 0 aliphatic heterocycles. The van der Waals surface area contributed by atoms with Crippen LogP contribution < -0.4 is 10.6 Å². The lowest BCUT2D eigenvalue weighted by Gasteiger charge is -2.07. The molecule has 5 nitrogen and oxygen atoms in total. The number of para-hydroxylation sites is 1. The van der Waals surface area contributed by atoms with Crippen molar-refractivity contribution in [3.05, 3.63) is 65.2 Å². The third-order valence-corrected chi connectivity index (χ3v) is 3.30. The number of aryl methyl sites for hydroxylation is 1. The van der Waals surface area contributed by atoms with Gasteiger partial charge in [-0.05, 0) is 42.3 Å². The van der Waals surface area contributed by atoms with Gasteiger partial charge in [-0.3, -0.25) is 9.59 Å². The monoisotopic (exact) mass is 319 g/mol. The van der Waals surface area contributed by atoms with E-state index in [4.69, 9.17) is 0 Å². The van der Waals surface area contributed by atoms with E-state index in [0.717, 1.165) is 5.56 Å². The number of hydrogen-bond acceptors (Lipinski definition) is 3. The number of hydrogen-bond donors (Lipinski definition) is 2. The number of benzene rings is 2. The maximum absolute atomic E-state index is 12.3. The fourth-order valence-electron chi connectivity index (χ4n) is 2.08. The molecule has 2 aromatic rings. The van der Waals surface area contributed by atoms with E-state index in [-0.39, 0.29) is 11.5 Å². The Kier molecular flexibility index (Phi) is 5.48. The minimum Gasteiger partial charge on any atom is -0.326 e. The molecule has 0 atom stereocenters. The van der Waals surface area contributed by atoms with E-state index in [9.17, 15) is 14.9 Å². The number of nitriles is 1. The second-order valence-electron chi connectivity index (χ2n) is 5.24. The van der Waals surface area contributed by atoms with E-state index >= 15 is 0 Å². The smallest absolute Gasteiger partial charge is 0.266 e. The van der Waals surface area contributed by atoms with Crippen LogP contribution in [-0.2, 0) is 9.59 Å². The minimum absolute atomic E-state index is 0.00512. The molecule has 0 radical (unpaired) electrons. The molecule has 120 valence electrons. The zero-order chi connectivity index (χ0) is 17.5. The van der Waals surface area contributed by atoms with Crippen molar-refractivity contribution in [3.8, 4) is 6.07 Å². The summed E-state index contributed by atoms with van der Waals surface area (Å²) in [6, 6.07) is 16.1. The third-order valence-electron chi connectivity index (χ3n) is 3.30. The Morgan fingerprint density at radius 1 is 1.04 bits per heavy atom. The Morgan fingerprint density at radius 2 is 1.71 bits per heavy atom. The fraction of sp³-hybridized carbons (Fsp3) is 0.105. The molecule has 2 amide bonds. The third kappa shape index (κ3) is 4.55. The van der Waals surface area contributed by atoms with Crippen LogP contribution in [0.2, 0.25) is 0 Å². The van der Waals surface area contributed by atoms with Crippen molar-refractivity contribution in [2.24, 2.45) is 0 Å². The van der Waals surface area contributed by atoms with Crippen LogP contribution in [0.4, 0.5) is 11.4 Å². The molecule has 0 aliphatic rings. The summed E-state index contributed by atoms with van der Waals surface area (Å²) in [5.41, 5.74) is 2.95. The minimum atomic E-state index is -0.460. The highest BCUT2D eigenvalue weighted by Gasteiger charge is 2.10. The first-order valence-corrected chi connectivity index (χ1v) is 7.36. The van der Waals surface area contributed by atoms with Crippen LogP contribution in [0.5, 0.6) is 0 Å². The number of nitrogens with one attached hydrogen (secondary N) is 2. The van der Waals surface area contributed by atoms with Gasteiger partial charge in [-0.15, -0.1) is 0 Å². The zero-order valence-electron chi connectivity index (χ0n) is 13.5. The lowest BCUT2D eigenvalue weighted by Crippen LogP contribution is -2.14. The predicted molar refractivity (Wildman–Crippen MR) is 94.1 cm³/mol. The highest BCUT2D eigenvalue weighted by Crippen LogP contribution is 2.16. The van der Waals surface area contributed by atoms with Crippen LogP contribution in [-0.4, -0.2) is 11.8 Å². The number of carbonyl (C=O) groups is 2. The fourth-order valence-corrected chi connectivity index (χ4v) is 2.08. The van der Waals surface area contributed by atoms with E-state index in [1.165, 1.54) is 13.0 Å². The summed E-state index contributed by atoms with van der Waals surface area (Å²) in [6.45, 7) is 3.31. The molecule has 24 heavy (non-hydrogen) atoms. The first-order valence-electron chi connectivity index (χ1n) is 7.36. The van der Waals surface area contributed by atoms with Crippen LogP contribution in [0.15, 0.2) is 54.1 Å². The summed E-state index contributed by atoms with van der Waals surface area (Å²) in [7, 11) is 0. The Bertz CT molecular complexity index is 830. The van der Waals surface area contributed by atoms with Crippen molar-refractivity contribution in [1.29, 1.82) is 5.26 Å². The largest absolute Gasteiger partial charge is 0.326 e. The summed E-state index contributed by atoms with van der Waals surface area (Å²) in [4.78, 5) is 23.2. The van der Waals surface area contributed by atoms with Gasteiger partial charge >= 0.3 is 0 Å². The van der Waals surface area contributed by atoms with Crippen LogP contribution in [0.25, 0.3) is 6.08 Å². The quantitative estimate of drug-likeness (QED) is 0.668. The molecular formula is C19H17N3O2. The summed E-state index contributed by atoms with van der Waals surface area (Å²) < 4.78 is 0. The van der Waals surface area contributed by atoms with Crippen molar-refractivity contribution < 1.29 is 9.59 Å². The summed E-state index contributed by atoms with van der Waals surface area (Å²) in [6.07, 6.45) is 1.51. The maximum atomic E-state index is 12.3. The van der Waals surface area contributed by atoms with Crippen molar-refractivity contribution in [2.75, 3.05) is 10.6 Å². The van der Waals surface area contributed by atoms with Crippen molar-refractivity contribution in [3.63, 3.8) is 0 Å². The second-order valence-corrected chi connectivity index (χ2v) is 5.24. The zero-order valence-corrected chi connectivity index (χ0v) is 13.5. The molecule has 5 heteroatoms. The highest BCUT2D eigenvalue weighted by molar-refractivity contribution is 6.10. The van der Waals surface area contributed by atoms with Crippen molar-refractivity contribution >= 4 is 29.3 Å². The maximum Gasteiger partial charge on any atom is 0.266 e. The molecule has 0 aliphatic carbocycles. The van der Waals surface area contributed by atoms with Gasteiger partial charge in [-0.1, -0.05) is 30.3 Å². The van der Waals surface area contributed by atoms with Gasteiger partial charge in [0, 0.05) is 18.3 Å². The lowest BCUT2D eigenvalue weighted by molar-refractivity contribution is -0.114. The average molecular weight is 319 g/mol. The first-order chi connectivity index (χ1) is 11.5. The SMILES string of the molecule is CC(=O)Nc1ccc(/C=C(\C#N)C(=O)Nc2ccccc2C)cc1. The van der Waals surface area contributed by atoms with Gasteiger partial charge in [-0.25, -0.2) is 0 Å². The van der Waals surface area contributed by atoms with Gasteiger partial charge in [0.25, 0.3) is 5.91 Å². The molecule has 0 bridgehead atoms. The van der Waals surface area contributed by atoms with E-state index in [2.05, 4.69) is 10.6 Å². The Balaban J connectivity index is 2.16. The van der Waals surface area contributed by atoms with Crippen LogP contribution >= 0.6 is 0 Å². The van der Waals surface area contributed by atoms with Gasteiger partial charge in [0.2, 0.25) is 5.91 Å². The second kappa shape index (κ2) is 7.75.